The summed E-state index contributed by atoms with van der Waals surface area (Å²) in [5.41, 5.74) is 4.13. The maximum Gasteiger partial charge on any atom is 0.135 e. The van der Waals surface area contributed by atoms with E-state index >= 15 is 0 Å². The van der Waals surface area contributed by atoms with E-state index in [1.54, 1.807) is 0 Å². The van der Waals surface area contributed by atoms with Crippen LogP contribution in [0.3, 0.4) is 0 Å². The third kappa shape index (κ3) is 2.53. The highest BCUT2D eigenvalue weighted by Gasteiger charge is 2.24. The minimum absolute atomic E-state index is 0.389. The van der Waals surface area contributed by atoms with Gasteiger partial charge in [0.05, 0.1) is 17.9 Å². The molecular formula is C18H15F2N3. The predicted molar refractivity (Wildman–Crippen MR) is 83.7 cm³/mol. The summed E-state index contributed by atoms with van der Waals surface area (Å²) in [4.78, 5) is 0. The van der Waals surface area contributed by atoms with Crippen molar-refractivity contribution >= 4 is 0 Å². The van der Waals surface area contributed by atoms with Gasteiger partial charge in [-0.15, -0.1) is 0 Å². The standard InChI is InChI=1S/C18H15F2N3/c19-13-6-7-14(16(20)8-13)18-15-9-21-10-17(15)22-23(18)11-12-4-2-1-3-5-12/h1-8,21H,9-11H2. The molecule has 23 heavy (non-hydrogen) atoms. The van der Waals surface area contributed by atoms with Gasteiger partial charge in [-0.2, -0.15) is 5.10 Å². The lowest BCUT2D eigenvalue weighted by atomic mass is 10.1. The van der Waals surface area contributed by atoms with Crippen LogP contribution in [0.25, 0.3) is 11.3 Å². The Balaban J connectivity index is 1.84. The van der Waals surface area contributed by atoms with Crippen molar-refractivity contribution in [3.63, 3.8) is 0 Å². The Kier molecular flexibility index (Phi) is 3.42. The van der Waals surface area contributed by atoms with Crippen LogP contribution in [0.5, 0.6) is 0 Å². The molecule has 3 aromatic rings. The molecule has 0 unspecified atom stereocenters. The highest BCUT2D eigenvalue weighted by atomic mass is 19.1. The normalized spacial score (nSPS) is 13.3. The van der Waals surface area contributed by atoms with Gasteiger partial charge in [0, 0.05) is 30.3 Å². The number of halogens is 2. The first kappa shape index (κ1) is 14.1. The average Bonchev–Trinajstić information content (AvgIpc) is 3.10. The first-order valence-corrected chi connectivity index (χ1v) is 7.51. The van der Waals surface area contributed by atoms with Crippen molar-refractivity contribution in [2.75, 3.05) is 0 Å². The topological polar surface area (TPSA) is 29.9 Å². The zero-order chi connectivity index (χ0) is 15.8. The molecule has 116 valence electrons. The minimum Gasteiger partial charge on any atom is -0.307 e. The van der Waals surface area contributed by atoms with Gasteiger partial charge in [0.25, 0.3) is 0 Å². The molecule has 0 atom stereocenters. The lowest BCUT2D eigenvalue weighted by Crippen LogP contribution is -2.10. The van der Waals surface area contributed by atoms with E-state index in [0.717, 1.165) is 28.6 Å². The van der Waals surface area contributed by atoms with Crippen molar-refractivity contribution in [2.24, 2.45) is 0 Å². The van der Waals surface area contributed by atoms with Crippen LogP contribution in [-0.2, 0) is 19.6 Å². The van der Waals surface area contributed by atoms with E-state index in [1.807, 2.05) is 35.0 Å². The van der Waals surface area contributed by atoms with Crippen LogP contribution in [0.2, 0.25) is 0 Å². The van der Waals surface area contributed by atoms with Crippen molar-refractivity contribution in [2.45, 2.75) is 19.6 Å². The molecule has 0 fully saturated rings. The molecule has 1 aliphatic rings. The molecule has 0 saturated carbocycles. The van der Waals surface area contributed by atoms with Crippen LogP contribution >= 0.6 is 0 Å². The molecule has 2 heterocycles. The molecule has 0 bridgehead atoms. The van der Waals surface area contributed by atoms with E-state index < -0.39 is 11.6 Å². The third-order valence-electron chi connectivity index (χ3n) is 4.09. The maximum absolute atomic E-state index is 14.3. The maximum atomic E-state index is 14.3. The Morgan fingerprint density at radius 1 is 1.04 bits per heavy atom. The summed E-state index contributed by atoms with van der Waals surface area (Å²) in [5.74, 6) is -1.14. The van der Waals surface area contributed by atoms with E-state index in [0.29, 0.717) is 25.2 Å². The summed E-state index contributed by atoms with van der Waals surface area (Å²) in [7, 11) is 0. The molecule has 1 N–H and O–H groups in total. The number of nitrogens with zero attached hydrogens (tertiary/aromatic N) is 2. The van der Waals surface area contributed by atoms with Gasteiger partial charge in [-0.3, -0.25) is 4.68 Å². The van der Waals surface area contributed by atoms with Crippen LogP contribution in [0.15, 0.2) is 48.5 Å². The number of fused-ring (bicyclic) bond motifs is 1. The second-order valence-electron chi connectivity index (χ2n) is 5.64. The molecular weight excluding hydrogens is 296 g/mol. The van der Waals surface area contributed by atoms with Crippen molar-refractivity contribution < 1.29 is 8.78 Å². The second kappa shape index (κ2) is 5.59. The summed E-state index contributed by atoms with van der Waals surface area (Å²) in [5, 5.41) is 7.85. The molecule has 2 aromatic carbocycles. The molecule has 0 radical (unpaired) electrons. The van der Waals surface area contributed by atoms with Crippen molar-refractivity contribution in [1.29, 1.82) is 0 Å². The summed E-state index contributed by atoms with van der Waals surface area (Å²) >= 11 is 0. The summed E-state index contributed by atoms with van der Waals surface area (Å²) in [6.45, 7) is 1.88. The van der Waals surface area contributed by atoms with E-state index in [4.69, 9.17) is 0 Å². The zero-order valence-electron chi connectivity index (χ0n) is 12.4. The second-order valence-corrected chi connectivity index (χ2v) is 5.64. The number of aromatic nitrogens is 2. The third-order valence-corrected chi connectivity index (χ3v) is 4.09. The van der Waals surface area contributed by atoms with Gasteiger partial charge in [-0.05, 0) is 17.7 Å². The quantitative estimate of drug-likeness (QED) is 0.802. The Hall–Kier alpha value is -2.53. The van der Waals surface area contributed by atoms with E-state index in [2.05, 4.69) is 10.4 Å². The van der Waals surface area contributed by atoms with Gasteiger partial charge in [-0.1, -0.05) is 30.3 Å². The Bertz CT molecular complexity index is 856. The van der Waals surface area contributed by atoms with Crippen LogP contribution in [0.1, 0.15) is 16.8 Å². The largest absolute Gasteiger partial charge is 0.307 e. The highest BCUT2D eigenvalue weighted by molar-refractivity contribution is 5.66. The van der Waals surface area contributed by atoms with Gasteiger partial charge < -0.3 is 5.32 Å². The fourth-order valence-corrected chi connectivity index (χ4v) is 3.04. The monoisotopic (exact) mass is 311 g/mol. The average molecular weight is 311 g/mol. The molecule has 0 amide bonds. The Morgan fingerprint density at radius 3 is 2.65 bits per heavy atom. The highest BCUT2D eigenvalue weighted by Crippen LogP contribution is 2.32. The van der Waals surface area contributed by atoms with Gasteiger partial charge in [-0.25, -0.2) is 8.78 Å². The van der Waals surface area contributed by atoms with E-state index in [-0.39, 0.29) is 0 Å². The molecule has 0 spiro atoms. The lowest BCUT2D eigenvalue weighted by molar-refractivity contribution is 0.582. The SMILES string of the molecule is Fc1ccc(-c2c3c(nn2Cc2ccccc2)CNC3)c(F)c1. The molecule has 4 rings (SSSR count). The fourth-order valence-electron chi connectivity index (χ4n) is 3.04. The Labute approximate surface area is 132 Å². The van der Waals surface area contributed by atoms with Gasteiger partial charge in [0.2, 0.25) is 0 Å². The first-order chi connectivity index (χ1) is 11.2. The molecule has 0 aliphatic carbocycles. The number of hydrogen-bond donors (Lipinski definition) is 1. The van der Waals surface area contributed by atoms with E-state index in [1.165, 1.54) is 12.1 Å². The summed E-state index contributed by atoms with van der Waals surface area (Å²) in [6, 6.07) is 13.6. The Morgan fingerprint density at radius 2 is 1.87 bits per heavy atom. The number of benzene rings is 2. The molecule has 3 nitrogen and oxygen atoms in total. The van der Waals surface area contributed by atoms with Gasteiger partial charge in [0.15, 0.2) is 0 Å². The lowest BCUT2D eigenvalue weighted by Gasteiger charge is -2.11. The predicted octanol–water partition coefficient (Wildman–Crippen LogP) is 3.48. The van der Waals surface area contributed by atoms with Crippen LogP contribution in [0, 0.1) is 11.6 Å². The van der Waals surface area contributed by atoms with Crippen molar-refractivity contribution in [3.8, 4) is 11.3 Å². The van der Waals surface area contributed by atoms with Crippen LogP contribution < -0.4 is 5.32 Å². The number of hydrogen-bond acceptors (Lipinski definition) is 2. The van der Waals surface area contributed by atoms with Crippen LogP contribution in [0.4, 0.5) is 8.78 Å². The first-order valence-electron chi connectivity index (χ1n) is 7.51. The number of rotatable bonds is 3. The fraction of sp³-hybridized carbons (Fsp3) is 0.167. The zero-order valence-corrected chi connectivity index (χ0v) is 12.4. The van der Waals surface area contributed by atoms with Gasteiger partial charge in [0.1, 0.15) is 11.6 Å². The summed E-state index contributed by atoms with van der Waals surface area (Å²) in [6.07, 6.45) is 0. The molecule has 5 heteroatoms. The smallest absolute Gasteiger partial charge is 0.135 e. The number of nitrogens with one attached hydrogen (secondary N) is 1. The van der Waals surface area contributed by atoms with Crippen LogP contribution in [-0.4, -0.2) is 9.78 Å². The molecule has 0 saturated heterocycles. The van der Waals surface area contributed by atoms with E-state index in [9.17, 15) is 8.78 Å². The van der Waals surface area contributed by atoms with Crippen molar-refractivity contribution in [3.05, 3.63) is 77.0 Å². The van der Waals surface area contributed by atoms with Gasteiger partial charge >= 0.3 is 0 Å². The molecule has 1 aromatic heterocycles. The van der Waals surface area contributed by atoms with Crippen molar-refractivity contribution in [1.82, 2.24) is 15.1 Å². The summed E-state index contributed by atoms with van der Waals surface area (Å²) < 4.78 is 29.4. The minimum atomic E-state index is -0.574. The molecule has 1 aliphatic heterocycles.